The molecular weight excluding hydrogens is 279 g/mol. The highest BCUT2D eigenvalue weighted by molar-refractivity contribution is 9.10. The van der Waals surface area contributed by atoms with Crippen molar-refractivity contribution in [2.45, 2.75) is 18.8 Å². The molecule has 0 aliphatic carbocycles. The fourth-order valence-corrected chi connectivity index (χ4v) is 1.83. The second-order valence-corrected chi connectivity index (χ2v) is 4.57. The Bertz CT molecular complexity index is 324. The molecule has 15 heavy (non-hydrogen) atoms. The maximum atomic E-state index is 11.0. The van der Waals surface area contributed by atoms with Gasteiger partial charge in [0.05, 0.1) is 5.92 Å². The van der Waals surface area contributed by atoms with Crippen molar-refractivity contribution >= 4 is 33.5 Å². The van der Waals surface area contributed by atoms with E-state index in [0.717, 1.165) is 10.0 Å². The molecule has 1 rings (SSSR count). The maximum Gasteiger partial charge on any atom is 0.310 e. The molecule has 0 saturated heterocycles. The number of hydrogen-bond acceptors (Lipinski definition) is 1. The van der Waals surface area contributed by atoms with Gasteiger partial charge in [-0.05, 0) is 30.5 Å². The lowest BCUT2D eigenvalue weighted by molar-refractivity contribution is -0.139. The van der Waals surface area contributed by atoms with Gasteiger partial charge in [-0.3, -0.25) is 4.79 Å². The average Bonchev–Trinajstić information content (AvgIpc) is 2.21. The van der Waals surface area contributed by atoms with Gasteiger partial charge in [-0.15, -0.1) is 11.6 Å². The minimum atomic E-state index is -0.789. The predicted octanol–water partition coefficient (Wildman–Crippen LogP) is 3.64. The van der Waals surface area contributed by atoms with Crippen LogP contribution in [0.1, 0.15) is 24.3 Å². The highest BCUT2D eigenvalue weighted by Crippen LogP contribution is 2.23. The molecule has 0 heterocycles. The SMILES string of the molecule is O=C(O)C(CCCCl)c1ccc(Br)cc1. The summed E-state index contributed by atoms with van der Waals surface area (Å²) in [5.74, 6) is -0.736. The first-order valence-electron chi connectivity index (χ1n) is 4.69. The topological polar surface area (TPSA) is 37.3 Å². The second-order valence-electron chi connectivity index (χ2n) is 3.27. The lowest BCUT2D eigenvalue weighted by Crippen LogP contribution is -2.11. The van der Waals surface area contributed by atoms with Crippen molar-refractivity contribution in [2.24, 2.45) is 0 Å². The van der Waals surface area contributed by atoms with Crippen molar-refractivity contribution in [2.75, 3.05) is 5.88 Å². The molecular formula is C11H12BrClO2. The van der Waals surface area contributed by atoms with Gasteiger partial charge in [0.2, 0.25) is 0 Å². The molecule has 1 aromatic carbocycles. The number of halogens is 2. The first kappa shape index (κ1) is 12.5. The lowest BCUT2D eigenvalue weighted by Gasteiger charge is -2.11. The fourth-order valence-electron chi connectivity index (χ4n) is 1.41. The molecule has 0 radical (unpaired) electrons. The van der Waals surface area contributed by atoms with E-state index in [1.165, 1.54) is 0 Å². The van der Waals surface area contributed by atoms with Crippen LogP contribution in [-0.4, -0.2) is 17.0 Å². The first-order chi connectivity index (χ1) is 7.15. The molecule has 0 aromatic heterocycles. The predicted molar refractivity (Wildman–Crippen MR) is 64.5 cm³/mol. The Hall–Kier alpha value is -0.540. The molecule has 82 valence electrons. The maximum absolute atomic E-state index is 11.0. The zero-order chi connectivity index (χ0) is 11.3. The molecule has 0 aliphatic rings. The molecule has 2 nitrogen and oxygen atoms in total. The van der Waals surface area contributed by atoms with Crippen LogP contribution in [0.2, 0.25) is 0 Å². The molecule has 1 unspecified atom stereocenters. The van der Waals surface area contributed by atoms with Crippen molar-refractivity contribution in [1.29, 1.82) is 0 Å². The van der Waals surface area contributed by atoms with Crippen LogP contribution >= 0.6 is 27.5 Å². The van der Waals surface area contributed by atoms with Crippen molar-refractivity contribution < 1.29 is 9.90 Å². The Morgan fingerprint density at radius 3 is 2.47 bits per heavy atom. The van der Waals surface area contributed by atoms with Crippen LogP contribution in [-0.2, 0) is 4.79 Å². The van der Waals surface area contributed by atoms with Gasteiger partial charge in [-0.2, -0.15) is 0 Å². The summed E-state index contributed by atoms with van der Waals surface area (Å²) in [7, 11) is 0. The summed E-state index contributed by atoms with van der Waals surface area (Å²) in [6, 6.07) is 7.37. The van der Waals surface area contributed by atoms with Crippen LogP contribution in [0.5, 0.6) is 0 Å². The van der Waals surface area contributed by atoms with Crippen LogP contribution in [0.3, 0.4) is 0 Å². The van der Waals surface area contributed by atoms with Gasteiger partial charge in [0.1, 0.15) is 0 Å². The van der Waals surface area contributed by atoms with Crippen molar-refractivity contribution in [1.82, 2.24) is 0 Å². The van der Waals surface area contributed by atoms with Gasteiger partial charge < -0.3 is 5.11 Å². The van der Waals surface area contributed by atoms with Crippen LogP contribution < -0.4 is 0 Å². The number of hydrogen-bond donors (Lipinski definition) is 1. The molecule has 4 heteroatoms. The standard InChI is InChI=1S/C11H12BrClO2/c12-9-5-3-8(4-6-9)10(11(14)15)2-1-7-13/h3-6,10H,1-2,7H2,(H,14,15). The van der Waals surface area contributed by atoms with Gasteiger partial charge in [-0.25, -0.2) is 0 Å². The Kier molecular flexibility index (Phi) is 5.12. The summed E-state index contributed by atoms with van der Waals surface area (Å²) in [6.07, 6.45) is 1.30. The third-order valence-electron chi connectivity index (χ3n) is 2.20. The van der Waals surface area contributed by atoms with Gasteiger partial charge >= 0.3 is 5.97 Å². The summed E-state index contributed by atoms with van der Waals surface area (Å²) in [5.41, 5.74) is 0.829. The molecule has 0 aliphatic heterocycles. The van der Waals surface area contributed by atoms with Gasteiger partial charge in [0.15, 0.2) is 0 Å². The first-order valence-corrected chi connectivity index (χ1v) is 6.02. The molecule has 0 amide bonds. The van der Waals surface area contributed by atoms with E-state index in [-0.39, 0.29) is 0 Å². The quantitative estimate of drug-likeness (QED) is 0.841. The number of carboxylic acid groups (broad SMARTS) is 1. The molecule has 0 spiro atoms. The number of carboxylic acids is 1. The summed E-state index contributed by atoms with van der Waals surface area (Å²) in [5, 5.41) is 9.07. The second kappa shape index (κ2) is 6.13. The minimum Gasteiger partial charge on any atom is -0.481 e. The van der Waals surface area contributed by atoms with E-state index in [1.54, 1.807) is 0 Å². The van der Waals surface area contributed by atoms with E-state index in [9.17, 15) is 4.79 Å². The van der Waals surface area contributed by atoms with Crippen molar-refractivity contribution in [3.63, 3.8) is 0 Å². The Labute approximate surface area is 102 Å². The molecule has 0 saturated carbocycles. The molecule has 0 fully saturated rings. The van der Waals surface area contributed by atoms with Gasteiger partial charge in [-0.1, -0.05) is 28.1 Å². The van der Waals surface area contributed by atoms with Crippen LogP contribution in [0, 0.1) is 0 Å². The monoisotopic (exact) mass is 290 g/mol. The summed E-state index contributed by atoms with van der Waals surface area (Å²) >= 11 is 8.88. The van der Waals surface area contributed by atoms with E-state index >= 15 is 0 Å². The minimum absolute atomic E-state index is 0.447. The van der Waals surface area contributed by atoms with Crippen LogP contribution in [0.25, 0.3) is 0 Å². The van der Waals surface area contributed by atoms with E-state index in [0.29, 0.717) is 18.7 Å². The largest absolute Gasteiger partial charge is 0.481 e. The van der Waals surface area contributed by atoms with E-state index in [2.05, 4.69) is 15.9 Å². The average molecular weight is 292 g/mol. The van der Waals surface area contributed by atoms with Crippen molar-refractivity contribution in [3.8, 4) is 0 Å². The van der Waals surface area contributed by atoms with Crippen LogP contribution in [0.4, 0.5) is 0 Å². The van der Waals surface area contributed by atoms with E-state index in [1.807, 2.05) is 24.3 Å². The zero-order valence-corrected chi connectivity index (χ0v) is 10.5. The number of rotatable bonds is 5. The summed E-state index contributed by atoms with van der Waals surface area (Å²) in [6.45, 7) is 0. The molecule has 0 bridgehead atoms. The van der Waals surface area contributed by atoms with Gasteiger partial charge in [0, 0.05) is 10.4 Å². The van der Waals surface area contributed by atoms with Crippen LogP contribution in [0.15, 0.2) is 28.7 Å². The van der Waals surface area contributed by atoms with E-state index in [4.69, 9.17) is 16.7 Å². The Morgan fingerprint density at radius 2 is 2.00 bits per heavy atom. The normalized spacial score (nSPS) is 12.4. The fraction of sp³-hybridized carbons (Fsp3) is 0.364. The van der Waals surface area contributed by atoms with Crippen molar-refractivity contribution in [3.05, 3.63) is 34.3 Å². The Balaban J connectivity index is 2.79. The highest BCUT2D eigenvalue weighted by Gasteiger charge is 2.18. The number of alkyl halides is 1. The number of aliphatic carboxylic acids is 1. The lowest BCUT2D eigenvalue weighted by atomic mass is 9.95. The molecule has 1 atom stereocenters. The zero-order valence-electron chi connectivity index (χ0n) is 8.12. The van der Waals surface area contributed by atoms with Gasteiger partial charge in [0.25, 0.3) is 0 Å². The number of carbonyl (C=O) groups is 1. The number of benzene rings is 1. The summed E-state index contributed by atoms with van der Waals surface area (Å²) in [4.78, 5) is 11.0. The molecule has 1 N–H and O–H groups in total. The summed E-state index contributed by atoms with van der Waals surface area (Å²) < 4.78 is 0.952. The van der Waals surface area contributed by atoms with E-state index < -0.39 is 11.9 Å². The Morgan fingerprint density at radius 1 is 1.40 bits per heavy atom. The highest BCUT2D eigenvalue weighted by atomic mass is 79.9. The molecule has 1 aromatic rings. The third-order valence-corrected chi connectivity index (χ3v) is 2.99. The smallest absolute Gasteiger partial charge is 0.310 e. The third kappa shape index (κ3) is 3.84.